The molecule has 1 heterocycles. The van der Waals surface area contributed by atoms with Crippen LogP contribution in [0.1, 0.15) is 13.3 Å². The fourth-order valence-electron chi connectivity index (χ4n) is 1.66. The number of ether oxygens (including phenoxy) is 1. The van der Waals surface area contributed by atoms with Gasteiger partial charge in [-0.05, 0) is 24.6 Å². The summed E-state index contributed by atoms with van der Waals surface area (Å²) in [5.41, 5.74) is 0.895. The van der Waals surface area contributed by atoms with Crippen molar-refractivity contribution in [1.82, 2.24) is 0 Å². The van der Waals surface area contributed by atoms with Crippen LogP contribution >= 0.6 is 11.8 Å². The third-order valence-electron chi connectivity index (χ3n) is 2.75. The van der Waals surface area contributed by atoms with Crippen molar-refractivity contribution < 1.29 is 9.53 Å². The molecule has 16 heavy (non-hydrogen) atoms. The average molecular weight is 237 g/mol. The number of hydrogen-bond acceptors (Lipinski definition) is 3. The molecule has 0 spiro atoms. The molecule has 0 saturated heterocycles. The Labute approximate surface area is 99.6 Å². The predicted octanol–water partition coefficient (Wildman–Crippen LogP) is 2.77. The zero-order chi connectivity index (χ0) is 11.5. The van der Waals surface area contributed by atoms with E-state index >= 15 is 0 Å². The topological polar surface area (TPSA) is 38.3 Å². The second-order valence-electron chi connectivity index (χ2n) is 3.77. The second kappa shape index (κ2) is 4.78. The van der Waals surface area contributed by atoms with Crippen LogP contribution in [-0.4, -0.2) is 18.8 Å². The number of thioether (sulfide) groups is 1. The highest BCUT2D eigenvalue weighted by Gasteiger charge is 2.22. The van der Waals surface area contributed by atoms with Crippen molar-refractivity contribution in [3.05, 3.63) is 18.2 Å². The van der Waals surface area contributed by atoms with Crippen LogP contribution in [-0.2, 0) is 4.79 Å². The van der Waals surface area contributed by atoms with Crippen LogP contribution in [0, 0.1) is 5.92 Å². The maximum Gasteiger partial charge on any atom is 0.228 e. The molecule has 0 radical (unpaired) electrons. The maximum atomic E-state index is 11.8. The molecule has 0 fully saturated rings. The minimum absolute atomic E-state index is 0.100. The van der Waals surface area contributed by atoms with E-state index < -0.39 is 0 Å². The summed E-state index contributed by atoms with van der Waals surface area (Å²) in [5.74, 6) is 1.89. The van der Waals surface area contributed by atoms with E-state index in [-0.39, 0.29) is 11.8 Å². The number of fused-ring (bicyclic) bond motifs is 1. The number of rotatable bonds is 2. The Balaban J connectivity index is 2.29. The van der Waals surface area contributed by atoms with Crippen molar-refractivity contribution in [2.45, 2.75) is 18.2 Å². The lowest BCUT2D eigenvalue weighted by Crippen LogP contribution is -2.22. The fraction of sp³-hybridized carbons (Fsp3) is 0.417. The van der Waals surface area contributed by atoms with E-state index in [1.54, 1.807) is 18.9 Å². The minimum Gasteiger partial charge on any atom is -0.497 e. The Morgan fingerprint density at radius 1 is 1.56 bits per heavy atom. The third-order valence-corrected chi connectivity index (χ3v) is 3.97. The summed E-state index contributed by atoms with van der Waals surface area (Å²) in [7, 11) is 1.65. The van der Waals surface area contributed by atoms with E-state index in [4.69, 9.17) is 4.74 Å². The van der Waals surface area contributed by atoms with E-state index in [1.807, 2.05) is 25.1 Å². The summed E-state index contributed by atoms with van der Waals surface area (Å²) in [6.07, 6.45) is 0.879. The first-order chi connectivity index (χ1) is 7.74. The van der Waals surface area contributed by atoms with Crippen LogP contribution in [0.5, 0.6) is 5.75 Å². The van der Waals surface area contributed by atoms with Crippen LogP contribution in [0.2, 0.25) is 0 Å². The summed E-state index contributed by atoms with van der Waals surface area (Å²) < 4.78 is 5.18. The molecule has 0 aromatic heterocycles. The van der Waals surface area contributed by atoms with E-state index in [2.05, 4.69) is 5.32 Å². The SMILES string of the molecule is CCC1CSc2cc(OC)ccc2NC1=O. The first kappa shape index (κ1) is 11.3. The van der Waals surface area contributed by atoms with Crippen LogP contribution in [0.25, 0.3) is 0 Å². The summed E-state index contributed by atoms with van der Waals surface area (Å²) >= 11 is 1.71. The van der Waals surface area contributed by atoms with Gasteiger partial charge in [-0.1, -0.05) is 6.92 Å². The zero-order valence-corrected chi connectivity index (χ0v) is 10.3. The molecule has 1 aliphatic rings. The highest BCUT2D eigenvalue weighted by atomic mass is 32.2. The standard InChI is InChI=1S/C12H15NO2S/c1-3-8-7-16-11-6-9(15-2)4-5-10(11)13-12(8)14/h4-6,8H,3,7H2,1-2H3,(H,13,14). The lowest BCUT2D eigenvalue weighted by molar-refractivity contribution is -0.119. The monoisotopic (exact) mass is 237 g/mol. The Hall–Kier alpha value is -1.16. The van der Waals surface area contributed by atoms with Crippen LogP contribution < -0.4 is 10.1 Å². The molecular formula is C12H15NO2S. The number of amides is 1. The maximum absolute atomic E-state index is 11.8. The highest BCUT2D eigenvalue weighted by molar-refractivity contribution is 7.99. The first-order valence-corrected chi connectivity index (χ1v) is 6.35. The number of carbonyl (C=O) groups is 1. The molecule has 1 aromatic rings. The molecule has 1 atom stereocenters. The molecule has 86 valence electrons. The Morgan fingerprint density at radius 2 is 2.38 bits per heavy atom. The average Bonchev–Trinajstić information content (AvgIpc) is 2.46. The van der Waals surface area contributed by atoms with Gasteiger partial charge in [0.1, 0.15) is 5.75 Å². The van der Waals surface area contributed by atoms with Crippen molar-refractivity contribution >= 4 is 23.4 Å². The van der Waals surface area contributed by atoms with Crippen molar-refractivity contribution in [3.8, 4) is 5.75 Å². The summed E-state index contributed by atoms with van der Waals surface area (Å²) in [5, 5.41) is 2.96. The number of carbonyl (C=O) groups excluding carboxylic acids is 1. The van der Waals surface area contributed by atoms with Crippen molar-refractivity contribution in [2.24, 2.45) is 5.92 Å². The van der Waals surface area contributed by atoms with Crippen LogP contribution in [0.15, 0.2) is 23.1 Å². The second-order valence-corrected chi connectivity index (χ2v) is 4.83. The normalized spacial score (nSPS) is 19.6. The zero-order valence-electron chi connectivity index (χ0n) is 9.45. The minimum atomic E-state index is 0.100. The number of hydrogen-bond donors (Lipinski definition) is 1. The molecule has 1 N–H and O–H groups in total. The van der Waals surface area contributed by atoms with Gasteiger partial charge in [0.25, 0.3) is 0 Å². The van der Waals surface area contributed by atoms with E-state index in [0.29, 0.717) is 0 Å². The lowest BCUT2D eigenvalue weighted by Gasteiger charge is -2.09. The fourth-order valence-corrected chi connectivity index (χ4v) is 2.90. The predicted molar refractivity (Wildman–Crippen MR) is 66.1 cm³/mol. The molecule has 4 heteroatoms. The van der Waals surface area contributed by atoms with E-state index in [0.717, 1.165) is 28.5 Å². The summed E-state index contributed by atoms with van der Waals surface area (Å²) in [4.78, 5) is 12.9. The Bertz CT molecular complexity index is 406. The molecule has 1 aromatic carbocycles. The lowest BCUT2D eigenvalue weighted by atomic mass is 10.1. The van der Waals surface area contributed by atoms with Gasteiger partial charge in [-0.3, -0.25) is 4.79 Å². The van der Waals surface area contributed by atoms with Crippen molar-refractivity contribution in [1.29, 1.82) is 0 Å². The quantitative estimate of drug-likeness (QED) is 0.859. The van der Waals surface area contributed by atoms with E-state index in [1.165, 1.54) is 0 Å². The van der Waals surface area contributed by atoms with Crippen molar-refractivity contribution in [2.75, 3.05) is 18.2 Å². The molecular weight excluding hydrogens is 222 g/mol. The summed E-state index contributed by atoms with van der Waals surface area (Å²) in [6.45, 7) is 2.04. The summed E-state index contributed by atoms with van der Waals surface area (Å²) in [6, 6.07) is 5.74. The van der Waals surface area contributed by atoms with Gasteiger partial charge in [0, 0.05) is 16.6 Å². The molecule has 0 saturated carbocycles. The molecule has 1 unspecified atom stereocenters. The number of nitrogens with one attached hydrogen (secondary N) is 1. The molecule has 0 aliphatic carbocycles. The van der Waals surface area contributed by atoms with E-state index in [9.17, 15) is 4.79 Å². The third kappa shape index (κ3) is 2.16. The number of benzene rings is 1. The van der Waals surface area contributed by atoms with Crippen LogP contribution in [0.4, 0.5) is 5.69 Å². The van der Waals surface area contributed by atoms with Crippen LogP contribution in [0.3, 0.4) is 0 Å². The smallest absolute Gasteiger partial charge is 0.228 e. The van der Waals surface area contributed by atoms with Gasteiger partial charge in [-0.2, -0.15) is 0 Å². The number of methoxy groups -OCH3 is 1. The molecule has 0 bridgehead atoms. The first-order valence-electron chi connectivity index (χ1n) is 5.36. The van der Waals surface area contributed by atoms with Gasteiger partial charge in [-0.15, -0.1) is 11.8 Å². The highest BCUT2D eigenvalue weighted by Crippen LogP contribution is 2.35. The van der Waals surface area contributed by atoms with Gasteiger partial charge < -0.3 is 10.1 Å². The van der Waals surface area contributed by atoms with Crippen molar-refractivity contribution in [3.63, 3.8) is 0 Å². The molecule has 1 amide bonds. The molecule has 2 rings (SSSR count). The van der Waals surface area contributed by atoms with Gasteiger partial charge in [-0.25, -0.2) is 0 Å². The van der Waals surface area contributed by atoms with Gasteiger partial charge >= 0.3 is 0 Å². The van der Waals surface area contributed by atoms with Gasteiger partial charge in [0.2, 0.25) is 5.91 Å². The Morgan fingerprint density at radius 3 is 3.06 bits per heavy atom. The number of anilines is 1. The molecule has 1 aliphatic heterocycles. The van der Waals surface area contributed by atoms with Gasteiger partial charge in [0.05, 0.1) is 12.8 Å². The largest absolute Gasteiger partial charge is 0.497 e. The molecule has 3 nitrogen and oxygen atoms in total. The Kier molecular flexibility index (Phi) is 3.39. The van der Waals surface area contributed by atoms with Gasteiger partial charge in [0.15, 0.2) is 0 Å².